The van der Waals surface area contributed by atoms with Gasteiger partial charge in [-0.3, -0.25) is 4.79 Å². The third-order valence-electron chi connectivity index (χ3n) is 3.00. The van der Waals surface area contributed by atoms with Crippen molar-refractivity contribution in [3.63, 3.8) is 0 Å². The molecule has 0 aliphatic heterocycles. The molecule has 0 radical (unpaired) electrons. The average Bonchev–Trinajstić information content (AvgIpc) is 2.25. The van der Waals surface area contributed by atoms with Crippen LogP contribution >= 0.6 is 0 Å². The molecule has 0 atom stereocenters. The van der Waals surface area contributed by atoms with Crippen molar-refractivity contribution >= 4 is 5.91 Å². The quantitative estimate of drug-likeness (QED) is 0.903. The first-order valence-corrected chi connectivity index (χ1v) is 5.64. The lowest BCUT2D eigenvalue weighted by Crippen LogP contribution is -2.33. The van der Waals surface area contributed by atoms with Crippen LogP contribution in [0.25, 0.3) is 0 Å². The molecule has 1 aliphatic rings. The van der Waals surface area contributed by atoms with Crippen molar-refractivity contribution in [2.45, 2.75) is 25.4 Å². The minimum atomic E-state index is -4.65. The number of carbonyl (C=O) groups excluding carboxylic acids is 1. The second-order valence-electron chi connectivity index (χ2n) is 4.29. The Bertz CT molecular complexity index is 443. The maximum Gasteiger partial charge on any atom is 0.434 e. The van der Waals surface area contributed by atoms with Crippen LogP contribution in [0.5, 0.6) is 0 Å². The first kappa shape index (κ1) is 12.8. The molecule has 7 heteroatoms. The molecule has 1 N–H and O–H groups in total. The lowest BCUT2D eigenvalue weighted by atomic mass is 9.85. The van der Waals surface area contributed by atoms with Crippen LogP contribution in [0.2, 0.25) is 0 Å². The third kappa shape index (κ3) is 2.77. The molecule has 1 aliphatic carbocycles. The SMILES string of the molecule is O=C(NCC1CCC1)c1cncnc1C(F)(F)F. The van der Waals surface area contributed by atoms with Gasteiger partial charge in [0.25, 0.3) is 5.91 Å². The Morgan fingerprint density at radius 2 is 2.17 bits per heavy atom. The van der Waals surface area contributed by atoms with Crippen LogP contribution in [0.3, 0.4) is 0 Å². The zero-order chi connectivity index (χ0) is 13.2. The highest BCUT2D eigenvalue weighted by molar-refractivity contribution is 5.95. The van der Waals surface area contributed by atoms with Crippen molar-refractivity contribution in [3.8, 4) is 0 Å². The number of nitrogens with one attached hydrogen (secondary N) is 1. The van der Waals surface area contributed by atoms with Gasteiger partial charge in [-0.15, -0.1) is 0 Å². The summed E-state index contributed by atoms with van der Waals surface area (Å²) < 4.78 is 37.8. The largest absolute Gasteiger partial charge is 0.434 e. The van der Waals surface area contributed by atoms with Gasteiger partial charge in [-0.1, -0.05) is 6.42 Å². The van der Waals surface area contributed by atoms with Gasteiger partial charge in [0.05, 0.1) is 5.56 Å². The fourth-order valence-electron chi connectivity index (χ4n) is 1.75. The summed E-state index contributed by atoms with van der Waals surface area (Å²) in [5.74, 6) is -0.386. The Morgan fingerprint density at radius 3 is 2.72 bits per heavy atom. The summed E-state index contributed by atoms with van der Waals surface area (Å²) in [5, 5.41) is 2.49. The van der Waals surface area contributed by atoms with E-state index in [1.165, 1.54) is 0 Å². The van der Waals surface area contributed by atoms with Crippen molar-refractivity contribution in [2.24, 2.45) is 5.92 Å². The summed E-state index contributed by atoms with van der Waals surface area (Å²) in [6.45, 7) is 0.408. The molecule has 0 saturated heterocycles. The number of hydrogen-bond acceptors (Lipinski definition) is 3. The van der Waals surface area contributed by atoms with Crippen LogP contribution in [0.4, 0.5) is 13.2 Å². The highest BCUT2D eigenvalue weighted by atomic mass is 19.4. The minimum absolute atomic E-state index is 0.382. The van der Waals surface area contributed by atoms with Crippen LogP contribution in [0, 0.1) is 5.92 Å². The second kappa shape index (κ2) is 4.91. The van der Waals surface area contributed by atoms with Gasteiger partial charge in [0.1, 0.15) is 6.33 Å². The number of hydrogen-bond donors (Lipinski definition) is 1. The van der Waals surface area contributed by atoms with Gasteiger partial charge < -0.3 is 5.32 Å². The maximum absolute atomic E-state index is 12.6. The predicted molar refractivity (Wildman–Crippen MR) is 56.7 cm³/mol. The van der Waals surface area contributed by atoms with Gasteiger partial charge in [0.15, 0.2) is 5.69 Å². The molecule has 1 heterocycles. The maximum atomic E-state index is 12.6. The fraction of sp³-hybridized carbons (Fsp3) is 0.545. The topological polar surface area (TPSA) is 54.9 Å². The second-order valence-corrected chi connectivity index (χ2v) is 4.29. The zero-order valence-electron chi connectivity index (χ0n) is 9.50. The monoisotopic (exact) mass is 259 g/mol. The number of alkyl halides is 3. The first-order valence-electron chi connectivity index (χ1n) is 5.64. The van der Waals surface area contributed by atoms with E-state index in [2.05, 4.69) is 15.3 Å². The lowest BCUT2D eigenvalue weighted by Gasteiger charge is -2.25. The van der Waals surface area contributed by atoms with E-state index in [0.717, 1.165) is 31.8 Å². The number of carbonyl (C=O) groups is 1. The first-order chi connectivity index (χ1) is 8.48. The van der Waals surface area contributed by atoms with Crippen molar-refractivity contribution in [1.29, 1.82) is 0 Å². The van der Waals surface area contributed by atoms with E-state index in [9.17, 15) is 18.0 Å². The third-order valence-corrected chi connectivity index (χ3v) is 3.00. The van der Waals surface area contributed by atoms with Gasteiger partial charge in [0.2, 0.25) is 0 Å². The number of halogens is 3. The summed E-state index contributed by atoms with van der Waals surface area (Å²) in [5.41, 5.74) is -1.71. The minimum Gasteiger partial charge on any atom is -0.352 e. The molecule has 1 saturated carbocycles. The summed E-state index contributed by atoms with van der Waals surface area (Å²) in [6.07, 6.45) is 0.168. The van der Waals surface area contributed by atoms with Gasteiger partial charge in [0, 0.05) is 12.7 Å². The number of nitrogens with zero attached hydrogens (tertiary/aromatic N) is 2. The molecule has 0 bridgehead atoms. The van der Waals surface area contributed by atoms with Gasteiger partial charge >= 0.3 is 6.18 Å². The number of aromatic nitrogens is 2. The van der Waals surface area contributed by atoms with Gasteiger partial charge in [-0.05, 0) is 18.8 Å². The molecule has 98 valence electrons. The Kier molecular flexibility index (Phi) is 3.49. The van der Waals surface area contributed by atoms with Crippen LogP contribution in [-0.4, -0.2) is 22.4 Å². The van der Waals surface area contributed by atoms with Crippen LogP contribution < -0.4 is 5.32 Å². The van der Waals surface area contributed by atoms with Gasteiger partial charge in [-0.25, -0.2) is 9.97 Å². The van der Waals surface area contributed by atoms with E-state index in [1.54, 1.807) is 0 Å². The van der Waals surface area contributed by atoms with E-state index in [0.29, 0.717) is 12.5 Å². The Hall–Kier alpha value is -1.66. The van der Waals surface area contributed by atoms with Crippen molar-refractivity contribution in [2.75, 3.05) is 6.54 Å². The van der Waals surface area contributed by atoms with E-state index in [4.69, 9.17) is 0 Å². The average molecular weight is 259 g/mol. The predicted octanol–water partition coefficient (Wildman–Crippen LogP) is 2.03. The molecule has 2 rings (SSSR count). The lowest BCUT2D eigenvalue weighted by molar-refractivity contribution is -0.141. The summed E-state index contributed by atoms with van der Waals surface area (Å²) in [7, 11) is 0. The fourth-order valence-corrected chi connectivity index (χ4v) is 1.75. The van der Waals surface area contributed by atoms with E-state index < -0.39 is 23.3 Å². The number of rotatable bonds is 3. The highest BCUT2D eigenvalue weighted by Gasteiger charge is 2.37. The van der Waals surface area contributed by atoms with E-state index in [-0.39, 0.29) is 0 Å². The number of amides is 1. The zero-order valence-corrected chi connectivity index (χ0v) is 9.50. The summed E-state index contributed by atoms with van der Waals surface area (Å²) in [6, 6.07) is 0. The molecule has 0 unspecified atom stereocenters. The molecular formula is C11H12F3N3O. The molecular weight excluding hydrogens is 247 g/mol. The molecule has 18 heavy (non-hydrogen) atoms. The highest BCUT2D eigenvalue weighted by Crippen LogP contribution is 2.30. The molecule has 4 nitrogen and oxygen atoms in total. The Morgan fingerprint density at radius 1 is 1.44 bits per heavy atom. The standard InChI is InChI=1S/C11H12F3N3O/c12-11(13,14)9-8(5-15-6-17-9)10(18)16-4-7-2-1-3-7/h5-7H,1-4H2,(H,16,18). The van der Waals surface area contributed by atoms with Crippen molar-refractivity contribution in [3.05, 3.63) is 23.8 Å². The van der Waals surface area contributed by atoms with E-state index >= 15 is 0 Å². The molecule has 0 aromatic carbocycles. The Labute approximate surface area is 102 Å². The van der Waals surface area contributed by atoms with Crippen molar-refractivity contribution in [1.82, 2.24) is 15.3 Å². The normalized spacial score (nSPS) is 16.2. The summed E-state index contributed by atoms with van der Waals surface area (Å²) in [4.78, 5) is 18.3. The Balaban J connectivity index is 2.09. The van der Waals surface area contributed by atoms with E-state index in [1.807, 2.05) is 0 Å². The smallest absolute Gasteiger partial charge is 0.352 e. The van der Waals surface area contributed by atoms with Crippen LogP contribution in [0.15, 0.2) is 12.5 Å². The summed E-state index contributed by atoms with van der Waals surface area (Å²) >= 11 is 0. The molecule has 0 spiro atoms. The molecule has 1 aromatic rings. The van der Waals surface area contributed by atoms with Crippen molar-refractivity contribution < 1.29 is 18.0 Å². The molecule has 1 fully saturated rings. The van der Waals surface area contributed by atoms with Crippen LogP contribution in [0.1, 0.15) is 35.3 Å². The van der Waals surface area contributed by atoms with Gasteiger partial charge in [-0.2, -0.15) is 13.2 Å². The molecule has 1 aromatic heterocycles. The van der Waals surface area contributed by atoms with Crippen LogP contribution in [-0.2, 0) is 6.18 Å². The molecule has 1 amide bonds.